The number of methoxy groups -OCH3 is 1. The zero-order valence-electron chi connectivity index (χ0n) is 18.5. The van der Waals surface area contributed by atoms with Gasteiger partial charge in [0.2, 0.25) is 11.8 Å². The van der Waals surface area contributed by atoms with Crippen LogP contribution in [-0.4, -0.2) is 35.6 Å². The maximum absolute atomic E-state index is 12.9. The molecule has 2 N–H and O–H groups in total. The molecule has 0 aliphatic carbocycles. The lowest BCUT2D eigenvalue weighted by atomic mass is 9.78. The monoisotopic (exact) mass is 558 g/mol. The van der Waals surface area contributed by atoms with E-state index in [0.717, 1.165) is 17.3 Å². The molecule has 180 valence electrons. The third-order valence-electron chi connectivity index (χ3n) is 5.21. The van der Waals surface area contributed by atoms with Crippen molar-refractivity contribution in [1.82, 2.24) is 5.32 Å². The van der Waals surface area contributed by atoms with Crippen LogP contribution in [0.5, 0.6) is 0 Å². The fraction of sp³-hybridized carbons (Fsp3) is 0.217. The molecule has 2 aromatic carbocycles. The minimum atomic E-state index is -1.26. The van der Waals surface area contributed by atoms with Crippen LogP contribution in [0.2, 0.25) is 0 Å². The number of nitro benzene ring substituents is 1. The zero-order valence-corrected chi connectivity index (χ0v) is 20.9. The summed E-state index contributed by atoms with van der Waals surface area (Å²) in [4.78, 5) is 48.1. The number of carbonyl (C=O) groups is 3. The molecule has 0 spiro atoms. The molecular weight excluding hydrogens is 540 g/mol. The van der Waals surface area contributed by atoms with E-state index in [4.69, 9.17) is 4.74 Å². The van der Waals surface area contributed by atoms with Crippen LogP contribution in [0.3, 0.4) is 0 Å². The third kappa shape index (κ3) is 5.87. The topological polar surface area (TPSA) is 151 Å². The first-order valence-corrected chi connectivity index (χ1v) is 11.9. The number of nitrogens with one attached hydrogen (secondary N) is 2. The maximum Gasteiger partial charge on any atom is 0.319 e. The predicted octanol–water partition coefficient (Wildman–Crippen LogP) is 3.78. The van der Waals surface area contributed by atoms with Crippen LogP contribution in [0.25, 0.3) is 0 Å². The molecule has 2 aromatic rings. The Morgan fingerprint density at radius 1 is 1.29 bits per heavy atom. The van der Waals surface area contributed by atoms with Crippen molar-refractivity contribution in [2.24, 2.45) is 5.92 Å². The molecule has 0 saturated carbocycles. The van der Waals surface area contributed by atoms with E-state index in [1.54, 1.807) is 12.1 Å². The van der Waals surface area contributed by atoms with E-state index < -0.39 is 34.5 Å². The number of anilines is 1. The molecule has 10 nitrogen and oxygen atoms in total. The van der Waals surface area contributed by atoms with Crippen LogP contribution in [0.4, 0.5) is 11.4 Å². The number of halogens is 1. The van der Waals surface area contributed by atoms with E-state index in [1.807, 2.05) is 19.1 Å². The van der Waals surface area contributed by atoms with Crippen molar-refractivity contribution in [1.29, 1.82) is 5.26 Å². The highest BCUT2D eigenvalue weighted by atomic mass is 79.9. The molecule has 0 bridgehead atoms. The Balaban J connectivity index is 1.86. The van der Waals surface area contributed by atoms with Crippen LogP contribution in [-0.2, 0) is 19.1 Å². The van der Waals surface area contributed by atoms with Crippen molar-refractivity contribution in [3.05, 3.63) is 78.8 Å². The molecule has 0 radical (unpaired) electrons. The van der Waals surface area contributed by atoms with Crippen molar-refractivity contribution < 1.29 is 24.0 Å². The van der Waals surface area contributed by atoms with Crippen molar-refractivity contribution in [3.8, 4) is 6.07 Å². The Bertz CT molecular complexity index is 1270. The lowest BCUT2D eigenvalue weighted by Gasteiger charge is -2.31. The molecule has 12 heteroatoms. The Labute approximate surface area is 213 Å². The van der Waals surface area contributed by atoms with Gasteiger partial charge in [0.25, 0.3) is 5.69 Å². The summed E-state index contributed by atoms with van der Waals surface area (Å²) in [5, 5.41) is 26.2. The number of aryl methyl sites for hydroxylation is 1. The average molecular weight is 559 g/mol. The van der Waals surface area contributed by atoms with Gasteiger partial charge in [-0.3, -0.25) is 24.5 Å². The van der Waals surface area contributed by atoms with Crippen LogP contribution in [0.15, 0.2) is 57.5 Å². The largest absolute Gasteiger partial charge is 0.468 e. The first-order valence-electron chi connectivity index (χ1n) is 10.1. The minimum Gasteiger partial charge on any atom is -0.468 e. The lowest BCUT2D eigenvalue weighted by molar-refractivity contribution is -0.384. The summed E-state index contributed by atoms with van der Waals surface area (Å²) >= 11 is 4.12. The number of carbonyl (C=O) groups excluding carboxylic acids is 3. The standard InChI is InChI=1S/C23H19BrN4O6S/c1-12-3-5-13(6-4-12)19-15(10-25)22(27-21(30)20(19)23(31)34-2)35-11-18(29)26-17-8-7-14(28(32)33)9-16(17)24/h3-9,19-20H,11H2,1-2H3,(H,26,29)(H,27,30)/t19-,20+/m1/s1. The molecule has 2 amide bonds. The summed E-state index contributed by atoms with van der Waals surface area (Å²) in [5.74, 6) is -4.19. The summed E-state index contributed by atoms with van der Waals surface area (Å²) in [6.45, 7) is 1.89. The Hall–Kier alpha value is -3.69. The van der Waals surface area contributed by atoms with Crippen molar-refractivity contribution >= 4 is 56.9 Å². The molecule has 0 unspecified atom stereocenters. The van der Waals surface area contributed by atoms with Crippen molar-refractivity contribution in [3.63, 3.8) is 0 Å². The molecule has 3 rings (SSSR count). The number of hydrogen-bond acceptors (Lipinski definition) is 8. The van der Waals surface area contributed by atoms with Crippen LogP contribution < -0.4 is 10.6 Å². The van der Waals surface area contributed by atoms with Gasteiger partial charge in [0.1, 0.15) is 5.92 Å². The van der Waals surface area contributed by atoms with Gasteiger partial charge in [0.05, 0.1) is 40.1 Å². The average Bonchev–Trinajstić information content (AvgIpc) is 2.83. The second-order valence-electron chi connectivity index (χ2n) is 7.49. The van der Waals surface area contributed by atoms with E-state index in [1.165, 1.54) is 25.3 Å². The highest BCUT2D eigenvalue weighted by molar-refractivity contribution is 9.10. The van der Waals surface area contributed by atoms with Gasteiger partial charge >= 0.3 is 5.97 Å². The number of allylic oxidation sites excluding steroid dienone is 1. The Morgan fingerprint density at radius 3 is 2.54 bits per heavy atom. The number of benzene rings is 2. The summed E-state index contributed by atoms with van der Waals surface area (Å²) in [5.41, 5.74) is 1.88. The predicted molar refractivity (Wildman–Crippen MR) is 132 cm³/mol. The molecule has 1 heterocycles. The molecule has 0 aromatic heterocycles. The molecule has 2 atom stereocenters. The van der Waals surface area contributed by atoms with E-state index in [2.05, 4.69) is 32.6 Å². The van der Waals surface area contributed by atoms with Gasteiger partial charge in [-0.15, -0.1) is 0 Å². The first-order chi connectivity index (χ1) is 16.7. The second-order valence-corrected chi connectivity index (χ2v) is 9.33. The van der Waals surface area contributed by atoms with Crippen molar-refractivity contribution in [2.75, 3.05) is 18.2 Å². The number of nitrogens with zero attached hydrogens (tertiary/aromatic N) is 2. The Morgan fingerprint density at radius 2 is 1.97 bits per heavy atom. The molecule has 1 aliphatic rings. The lowest BCUT2D eigenvalue weighted by Crippen LogP contribution is -2.44. The van der Waals surface area contributed by atoms with Gasteiger partial charge in [-0.2, -0.15) is 5.26 Å². The van der Waals surface area contributed by atoms with Crippen LogP contribution in [0, 0.1) is 34.3 Å². The zero-order chi connectivity index (χ0) is 25.7. The molecular formula is C23H19BrN4O6S. The summed E-state index contributed by atoms with van der Waals surface area (Å²) in [7, 11) is 1.17. The number of nitro groups is 1. The fourth-order valence-electron chi connectivity index (χ4n) is 3.50. The molecule has 1 aliphatic heterocycles. The van der Waals surface area contributed by atoms with Gasteiger partial charge in [-0.25, -0.2) is 0 Å². The van der Waals surface area contributed by atoms with Crippen LogP contribution in [0.1, 0.15) is 17.0 Å². The molecule has 0 fully saturated rings. The fourth-order valence-corrected chi connectivity index (χ4v) is 4.81. The maximum atomic E-state index is 12.9. The third-order valence-corrected chi connectivity index (χ3v) is 6.88. The van der Waals surface area contributed by atoms with Gasteiger partial charge in [-0.05, 0) is 34.5 Å². The van der Waals surface area contributed by atoms with E-state index in [-0.39, 0.29) is 22.0 Å². The van der Waals surface area contributed by atoms with Crippen LogP contribution >= 0.6 is 27.7 Å². The van der Waals surface area contributed by atoms with Gasteiger partial charge in [0, 0.05) is 22.5 Å². The summed E-state index contributed by atoms with van der Waals surface area (Å²) in [6, 6.07) is 13.1. The second kappa shape index (κ2) is 11.2. The minimum absolute atomic E-state index is 0.137. The smallest absolute Gasteiger partial charge is 0.319 e. The number of esters is 1. The number of non-ortho nitro benzene ring substituents is 1. The number of ether oxygens (including phenoxy) is 1. The van der Waals surface area contributed by atoms with E-state index >= 15 is 0 Å². The van der Waals surface area contributed by atoms with E-state index in [9.17, 15) is 29.8 Å². The molecule has 35 heavy (non-hydrogen) atoms. The summed E-state index contributed by atoms with van der Waals surface area (Å²) < 4.78 is 5.14. The number of amides is 2. The van der Waals surface area contributed by atoms with Gasteiger partial charge in [-0.1, -0.05) is 41.6 Å². The van der Waals surface area contributed by atoms with Gasteiger partial charge < -0.3 is 15.4 Å². The highest BCUT2D eigenvalue weighted by Crippen LogP contribution is 2.40. The quantitative estimate of drug-likeness (QED) is 0.225. The summed E-state index contributed by atoms with van der Waals surface area (Å²) in [6.07, 6.45) is 0. The number of nitriles is 1. The normalized spacial score (nSPS) is 17.3. The number of thioether (sulfide) groups is 1. The highest BCUT2D eigenvalue weighted by Gasteiger charge is 2.44. The Kier molecular flexibility index (Phi) is 8.26. The van der Waals surface area contributed by atoms with E-state index in [0.29, 0.717) is 15.7 Å². The number of rotatable bonds is 7. The SMILES string of the molecule is COC(=O)[C@@H]1C(=O)NC(SCC(=O)Nc2ccc([N+](=O)[O-])cc2Br)=C(C#N)[C@H]1c1ccc(C)cc1. The first kappa shape index (κ1) is 25.9. The van der Waals surface area contributed by atoms with Crippen molar-refractivity contribution in [2.45, 2.75) is 12.8 Å². The number of hydrogen-bond donors (Lipinski definition) is 2. The van der Waals surface area contributed by atoms with Gasteiger partial charge in [0.15, 0.2) is 0 Å². The molecule has 0 saturated heterocycles.